The lowest BCUT2D eigenvalue weighted by Gasteiger charge is -2.13. The number of rotatable bonds is 76. The molecule has 0 atom stereocenters. The molecule has 6 aliphatic heterocycles. The number of amides is 14. The van der Waals surface area contributed by atoms with Crippen LogP contribution < -0.4 is 10.6 Å². The van der Waals surface area contributed by atoms with Gasteiger partial charge in [0, 0.05) is 140 Å². The van der Waals surface area contributed by atoms with Crippen molar-refractivity contribution in [3.8, 4) is 0 Å². The van der Waals surface area contributed by atoms with Gasteiger partial charge in [-0.05, 0) is 6.42 Å². The summed E-state index contributed by atoms with van der Waals surface area (Å²) in [5, 5.41) is 6.81. The maximum atomic E-state index is 11.9. The second kappa shape index (κ2) is 70.4. The van der Waals surface area contributed by atoms with Crippen molar-refractivity contribution < 1.29 is 186 Å². The standard InChI is InChI=1S/C31H48N2O15.C26H39N3O13.C22H31N3O11/c34-26(7-9-32-27(35)3-4-28(32)36)2-1-10-40-12-14-42-16-18-44-20-22-46-24-25-47-23-21-45-19-17-43-15-13-41-11-8-31(39)48-33-29(37)5-6-30(33)38;30-21(5-8-28-22(31)1-2-23(28)32)27-7-10-37-12-14-39-16-18-41-20-19-40-17-15-38-13-11-36-9-6-26(35)42-29-24(33)3-4-25(29)34;26-17(5-8-24-18(27)1-2-19(24)28)23-7-10-33-12-14-35-16-15-34-13-11-32-9-6-22(31)36-25-20(29)3-4-21(25)30/h3-4H,1-2,5-25H2;1-2H,3-20H2,(H,27,30);1-2H,3-16H2,(H,23,26). The lowest BCUT2D eigenvalue weighted by atomic mass is 10.1. The maximum Gasteiger partial charge on any atom is 0.335 e. The van der Waals surface area contributed by atoms with Gasteiger partial charge >= 0.3 is 17.9 Å². The highest BCUT2D eigenvalue weighted by molar-refractivity contribution is 6.14. The minimum absolute atomic E-state index is 0.0149. The normalized spacial score (nSPS) is 14.9. The van der Waals surface area contributed by atoms with E-state index in [0.29, 0.717) is 239 Å². The van der Waals surface area contributed by atoms with Crippen molar-refractivity contribution in [1.82, 2.24) is 40.5 Å². The number of carbonyl (C=O) groups excluding carboxylic acids is 18. The van der Waals surface area contributed by atoms with Gasteiger partial charge in [-0.25, -0.2) is 14.4 Å². The third-order valence-electron chi connectivity index (χ3n) is 16.9. The zero-order valence-corrected chi connectivity index (χ0v) is 71.0. The molecule has 0 saturated carbocycles. The maximum absolute atomic E-state index is 11.9. The lowest BCUT2D eigenvalue weighted by Crippen LogP contribution is -2.35. The van der Waals surface area contributed by atoms with Crippen LogP contribution in [0.25, 0.3) is 0 Å². The first kappa shape index (κ1) is 109. The molecule has 0 radical (unpaired) electrons. The summed E-state index contributed by atoms with van der Waals surface area (Å²) in [6.07, 6.45) is 8.28. The van der Waals surface area contributed by atoms with Crippen LogP contribution in [0.15, 0.2) is 36.5 Å². The van der Waals surface area contributed by atoms with Gasteiger partial charge in [0.2, 0.25) is 11.8 Å². The van der Waals surface area contributed by atoms with Crippen LogP contribution in [-0.2, 0) is 186 Å². The van der Waals surface area contributed by atoms with Gasteiger partial charge < -0.3 is 110 Å². The monoisotopic (exact) mass is 1800 g/mol. The zero-order chi connectivity index (χ0) is 91.3. The van der Waals surface area contributed by atoms with E-state index in [-0.39, 0.29) is 166 Å². The van der Waals surface area contributed by atoms with Crippen molar-refractivity contribution >= 4 is 106 Å². The SMILES string of the molecule is O=C(CCCOCCOCCOCCOCCOCCOCCOCCOCCC(=O)ON1C(=O)CCC1=O)CCN1C(=O)C=CC1=O.O=C(CCN1C(=O)C=CC1=O)NCCOCCOCCOCCOCCC(=O)ON1C(=O)CCC1=O.O=C(CCN1C(=O)C=CC1=O)NCCOCCOCCOCCOCCOCCOCCC(=O)ON1C(=O)CCC1=O. The zero-order valence-electron chi connectivity index (χ0n) is 71.0. The van der Waals surface area contributed by atoms with Crippen molar-refractivity contribution in [3.63, 3.8) is 0 Å². The fraction of sp³-hybridized carbons (Fsp3) is 0.696. The van der Waals surface area contributed by atoms with E-state index < -0.39 is 77.0 Å². The van der Waals surface area contributed by atoms with Crippen LogP contribution >= 0.6 is 0 Å². The highest BCUT2D eigenvalue weighted by Crippen LogP contribution is 2.16. The second-order valence-electron chi connectivity index (χ2n) is 26.5. The molecule has 0 spiro atoms. The average Bonchev–Trinajstić information content (AvgIpc) is 2.17. The quantitative estimate of drug-likeness (QED) is 0.0447. The Morgan fingerprint density at radius 2 is 0.405 bits per heavy atom. The molecule has 708 valence electrons. The van der Waals surface area contributed by atoms with Crippen LogP contribution in [0.2, 0.25) is 0 Å². The summed E-state index contributed by atoms with van der Waals surface area (Å²) in [7, 11) is 0. The van der Waals surface area contributed by atoms with Crippen molar-refractivity contribution in [3.05, 3.63) is 36.5 Å². The molecule has 47 nitrogen and oxygen atoms in total. The number of ketones is 1. The van der Waals surface area contributed by atoms with E-state index in [1.807, 2.05) is 0 Å². The Hall–Kier alpha value is -9.64. The molecular weight excluding hydrogens is 1680 g/mol. The Labute approximate surface area is 727 Å². The minimum Gasteiger partial charge on any atom is -0.379 e. The Balaban J connectivity index is 0.000000400. The van der Waals surface area contributed by atoms with E-state index in [0.717, 1.165) is 14.7 Å². The van der Waals surface area contributed by atoms with Gasteiger partial charge in [-0.3, -0.25) is 86.6 Å². The number of nitrogens with zero attached hydrogens (tertiary/aromatic N) is 6. The van der Waals surface area contributed by atoms with Gasteiger partial charge in [0.25, 0.3) is 70.9 Å². The summed E-state index contributed by atoms with van der Waals surface area (Å²) in [5.41, 5.74) is 0. The van der Waals surface area contributed by atoms with Crippen LogP contribution in [0.1, 0.15) is 89.9 Å². The molecule has 0 aromatic carbocycles. The van der Waals surface area contributed by atoms with E-state index in [4.69, 9.17) is 99.8 Å². The fourth-order valence-electron chi connectivity index (χ4n) is 10.3. The van der Waals surface area contributed by atoms with Gasteiger partial charge in [0.05, 0.1) is 251 Å². The Morgan fingerprint density at radius 3 is 0.619 bits per heavy atom. The van der Waals surface area contributed by atoms with Crippen molar-refractivity contribution in [1.29, 1.82) is 0 Å². The lowest BCUT2D eigenvalue weighted by molar-refractivity contribution is -0.198. The van der Waals surface area contributed by atoms with Crippen LogP contribution in [0.3, 0.4) is 0 Å². The van der Waals surface area contributed by atoms with Gasteiger partial charge in [-0.2, -0.15) is 0 Å². The number of hydrogen-bond donors (Lipinski definition) is 2. The smallest absolute Gasteiger partial charge is 0.335 e. The average molecular weight is 1800 g/mol. The molecule has 6 rings (SSSR count). The third kappa shape index (κ3) is 52.5. The molecule has 47 heteroatoms. The first-order valence-electron chi connectivity index (χ1n) is 41.4. The number of hydroxylamine groups is 6. The van der Waals surface area contributed by atoms with Gasteiger partial charge in [0.15, 0.2) is 0 Å². The predicted molar refractivity (Wildman–Crippen MR) is 422 cm³/mol. The molecule has 0 unspecified atom stereocenters. The van der Waals surface area contributed by atoms with Crippen molar-refractivity contribution in [2.24, 2.45) is 0 Å². The first-order valence-corrected chi connectivity index (χ1v) is 41.4. The fourth-order valence-corrected chi connectivity index (χ4v) is 10.3. The molecular formula is C79H118N8O39. The number of Topliss-reactive ketones (excluding diaryl/α,β-unsaturated/α-hetero) is 1. The topological polar surface area (TPSA) is 545 Å². The van der Waals surface area contributed by atoms with E-state index in [1.165, 1.54) is 36.5 Å². The van der Waals surface area contributed by atoms with Crippen LogP contribution in [0.4, 0.5) is 0 Å². The molecule has 14 amide bonds. The van der Waals surface area contributed by atoms with E-state index in [9.17, 15) is 86.3 Å². The van der Waals surface area contributed by atoms with E-state index in [2.05, 4.69) is 10.6 Å². The summed E-state index contributed by atoms with van der Waals surface area (Å²) < 4.78 is 96.6. The van der Waals surface area contributed by atoms with Gasteiger partial charge in [-0.1, -0.05) is 0 Å². The Kier molecular flexibility index (Phi) is 60.8. The van der Waals surface area contributed by atoms with Crippen molar-refractivity contribution in [2.75, 3.05) is 271 Å². The molecule has 6 aliphatic rings. The first-order chi connectivity index (χ1) is 61.1. The van der Waals surface area contributed by atoms with Crippen LogP contribution in [-0.4, -0.2) is 407 Å². The number of carbonyl (C=O) groups is 18. The van der Waals surface area contributed by atoms with Crippen LogP contribution in [0.5, 0.6) is 0 Å². The molecule has 0 aliphatic carbocycles. The molecule has 3 fully saturated rings. The molecule has 0 bridgehead atoms. The Bertz CT molecular complexity index is 3370. The summed E-state index contributed by atoms with van der Waals surface area (Å²) in [6, 6.07) is 0. The summed E-state index contributed by atoms with van der Waals surface area (Å²) in [6.45, 7) is 13.4. The van der Waals surface area contributed by atoms with Gasteiger partial charge in [-0.15, -0.1) is 15.2 Å². The number of hydrogen-bond acceptors (Lipinski definition) is 39. The van der Waals surface area contributed by atoms with E-state index >= 15 is 0 Å². The third-order valence-corrected chi connectivity index (χ3v) is 16.9. The molecule has 3 saturated heterocycles. The molecule has 6 heterocycles. The highest BCUT2D eigenvalue weighted by atomic mass is 16.7. The van der Waals surface area contributed by atoms with Gasteiger partial charge in [0.1, 0.15) is 5.78 Å². The van der Waals surface area contributed by atoms with Crippen LogP contribution in [0, 0.1) is 0 Å². The van der Waals surface area contributed by atoms with E-state index in [1.54, 1.807) is 0 Å². The molecule has 0 aromatic heterocycles. The minimum atomic E-state index is -0.719. The summed E-state index contributed by atoms with van der Waals surface area (Å²) >= 11 is 0. The summed E-state index contributed by atoms with van der Waals surface area (Å²) in [4.78, 5) is 224. The largest absolute Gasteiger partial charge is 0.379 e. The second-order valence-corrected chi connectivity index (χ2v) is 26.5. The predicted octanol–water partition coefficient (Wildman–Crippen LogP) is -3.22. The molecule has 126 heavy (non-hydrogen) atoms. The van der Waals surface area contributed by atoms with Crippen molar-refractivity contribution in [2.45, 2.75) is 89.9 Å². The number of nitrogens with one attached hydrogen (secondary N) is 2. The highest BCUT2D eigenvalue weighted by Gasteiger charge is 2.36. The number of ether oxygens (including phenoxy) is 18. The summed E-state index contributed by atoms with van der Waals surface area (Å²) in [5.74, 6) is -8.23. The molecule has 0 aromatic rings. The number of imide groups is 6. The Morgan fingerprint density at radius 1 is 0.222 bits per heavy atom. The molecule has 2 N–H and O–H groups in total.